The van der Waals surface area contributed by atoms with Gasteiger partial charge < -0.3 is 10.3 Å². The van der Waals surface area contributed by atoms with Gasteiger partial charge in [0.2, 0.25) is 0 Å². The molecule has 7 nitrogen and oxygen atoms in total. The van der Waals surface area contributed by atoms with E-state index in [1.165, 1.54) is 0 Å². The van der Waals surface area contributed by atoms with Gasteiger partial charge in [-0.25, -0.2) is 10.8 Å². The van der Waals surface area contributed by atoms with E-state index in [2.05, 4.69) is 44.2 Å². The van der Waals surface area contributed by atoms with Gasteiger partial charge in [0.1, 0.15) is 0 Å². The van der Waals surface area contributed by atoms with Crippen LogP contribution >= 0.6 is 0 Å². The molecule has 0 saturated carbocycles. The van der Waals surface area contributed by atoms with Crippen LogP contribution in [0.25, 0.3) is 0 Å². The van der Waals surface area contributed by atoms with Crippen LogP contribution in [0.5, 0.6) is 0 Å². The molecule has 1 aliphatic rings. The predicted molar refractivity (Wildman–Crippen MR) is 80.1 cm³/mol. The first kappa shape index (κ1) is 15.1. The molecule has 20 heavy (non-hydrogen) atoms. The van der Waals surface area contributed by atoms with Crippen LogP contribution in [0.1, 0.15) is 5.69 Å². The van der Waals surface area contributed by atoms with Crippen molar-refractivity contribution in [2.45, 2.75) is 6.54 Å². The van der Waals surface area contributed by atoms with Gasteiger partial charge in [0.05, 0.1) is 18.1 Å². The predicted octanol–water partition coefficient (Wildman–Crippen LogP) is -0.559. The van der Waals surface area contributed by atoms with Crippen molar-refractivity contribution in [2.75, 3.05) is 58.8 Å². The van der Waals surface area contributed by atoms with Crippen LogP contribution in [0.3, 0.4) is 0 Å². The molecule has 1 saturated heterocycles. The van der Waals surface area contributed by atoms with Gasteiger partial charge in [0.15, 0.2) is 5.82 Å². The molecule has 1 aromatic heterocycles. The summed E-state index contributed by atoms with van der Waals surface area (Å²) < 4.78 is 0. The standard InChI is InChI=1S/C13H25N7/c1-18(2)3-4-19-5-7-20(8-6-19)11-12-9-16-13(17-14)10-15-12/h9-10H,3-8,11,14H2,1-2H3,(H,16,17). The number of hydrogen-bond acceptors (Lipinski definition) is 7. The zero-order chi connectivity index (χ0) is 14.4. The quantitative estimate of drug-likeness (QED) is 0.534. The van der Waals surface area contributed by atoms with Gasteiger partial charge in [0, 0.05) is 45.8 Å². The highest BCUT2D eigenvalue weighted by atomic mass is 15.3. The third-order valence-electron chi connectivity index (χ3n) is 3.57. The van der Waals surface area contributed by atoms with Gasteiger partial charge in [-0.3, -0.25) is 14.8 Å². The summed E-state index contributed by atoms with van der Waals surface area (Å²) in [5.41, 5.74) is 3.48. The van der Waals surface area contributed by atoms with Gasteiger partial charge in [-0.1, -0.05) is 0 Å². The Kier molecular flexibility index (Phi) is 5.66. The van der Waals surface area contributed by atoms with Crippen molar-refractivity contribution in [3.8, 4) is 0 Å². The fourth-order valence-electron chi connectivity index (χ4n) is 2.25. The van der Waals surface area contributed by atoms with E-state index in [0.717, 1.165) is 51.5 Å². The average Bonchev–Trinajstić information content (AvgIpc) is 2.47. The minimum absolute atomic E-state index is 0.599. The highest BCUT2D eigenvalue weighted by Crippen LogP contribution is 2.07. The van der Waals surface area contributed by atoms with Crippen molar-refractivity contribution in [3.05, 3.63) is 18.1 Å². The molecule has 0 bridgehead atoms. The largest absolute Gasteiger partial charge is 0.308 e. The molecule has 0 amide bonds. The van der Waals surface area contributed by atoms with Gasteiger partial charge in [-0.2, -0.15) is 0 Å². The van der Waals surface area contributed by atoms with Crippen LogP contribution < -0.4 is 11.3 Å². The second-order valence-electron chi connectivity index (χ2n) is 5.46. The lowest BCUT2D eigenvalue weighted by Gasteiger charge is -2.34. The molecular formula is C13H25N7. The maximum Gasteiger partial charge on any atom is 0.158 e. The number of likely N-dealkylation sites (N-methyl/N-ethyl adjacent to an activating group) is 1. The van der Waals surface area contributed by atoms with Crippen molar-refractivity contribution in [2.24, 2.45) is 5.84 Å². The Balaban J connectivity index is 1.73. The molecule has 2 rings (SSSR count). The number of nitrogens with zero attached hydrogens (tertiary/aromatic N) is 5. The molecule has 112 valence electrons. The lowest BCUT2D eigenvalue weighted by molar-refractivity contribution is 0.119. The van der Waals surface area contributed by atoms with E-state index in [9.17, 15) is 0 Å². The minimum Gasteiger partial charge on any atom is -0.308 e. The SMILES string of the molecule is CN(C)CCN1CCN(Cc2cnc(NN)cn2)CC1. The van der Waals surface area contributed by atoms with E-state index >= 15 is 0 Å². The summed E-state index contributed by atoms with van der Waals surface area (Å²) in [6.45, 7) is 7.57. The first-order chi connectivity index (χ1) is 9.67. The number of hydrazine groups is 1. The molecule has 1 aromatic rings. The van der Waals surface area contributed by atoms with Gasteiger partial charge in [0.25, 0.3) is 0 Å². The molecule has 0 spiro atoms. The molecule has 0 atom stereocenters. The Bertz CT molecular complexity index is 384. The molecule has 0 aromatic carbocycles. The topological polar surface area (TPSA) is 73.5 Å². The summed E-state index contributed by atoms with van der Waals surface area (Å²) in [6.07, 6.45) is 3.45. The first-order valence-electron chi connectivity index (χ1n) is 7.04. The highest BCUT2D eigenvalue weighted by molar-refractivity contribution is 5.28. The molecule has 0 aliphatic carbocycles. The van der Waals surface area contributed by atoms with Crippen molar-refractivity contribution in [1.29, 1.82) is 0 Å². The number of anilines is 1. The fourth-order valence-corrected chi connectivity index (χ4v) is 2.25. The summed E-state index contributed by atoms with van der Waals surface area (Å²) in [4.78, 5) is 15.7. The van der Waals surface area contributed by atoms with Crippen LogP contribution in [-0.2, 0) is 6.54 Å². The van der Waals surface area contributed by atoms with Crippen LogP contribution in [0.4, 0.5) is 5.82 Å². The molecule has 3 N–H and O–H groups in total. The van der Waals surface area contributed by atoms with Crippen molar-refractivity contribution in [1.82, 2.24) is 24.7 Å². The maximum absolute atomic E-state index is 5.28. The molecule has 2 heterocycles. The molecule has 1 fully saturated rings. The van der Waals surface area contributed by atoms with Crippen molar-refractivity contribution in [3.63, 3.8) is 0 Å². The summed E-state index contributed by atoms with van der Waals surface area (Å²) in [7, 11) is 4.24. The Morgan fingerprint density at radius 1 is 1.15 bits per heavy atom. The summed E-state index contributed by atoms with van der Waals surface area (Å²) >= 11 is 0. The number of piperazine rings is 1. The van der Waals surface area contributed by atoms with Crippen LogP contribution in [0, 0.1) is 0 Å². The third kappa shape index (κ3) is 4.68. The molecule has 0 unspecified atom stereocenters. The van der Waals surface area contributed by atoms with Crippen LogP contribution in [0.15, 0.2) is 12.4 Å². The molecular weight excluding hydrogens is 254 g/mol. The zero-order valence-electron chi connectivity index (χ0n) is 12.4. The van der Waals surface area contributed by atoms with Crippen molar-refractivity contribution >= 4 is 5.82 Å². The van der Waals surface area contributed by atoms with Gasteiger partial charge in [-0.15, -0.1) is 0 Å². The number of hydrogen-bond donors (Lipinski definition) is 2. The normalized spacial score (nSPS) is 17.6. The smallest absolute Gasteiger partial charge is 0.158 e. The van der Waals surface area contributed by atoms with Crippen LogP contribution in [0.2, 0.25) is 0 Å². The van der Waals surface area contributed by atoms with E-state index in [1.807, 2.05) is 0 Å². The summed E-state index contributed by atoms with van der Waals surface area (Å²) in [6, 6.07) is 0. The van der Waals surface area contributed by atoms with Gasteiger partial charge in [-0.05, 0) is 14.1 Å². The number of nitrogens with one attached hydrogen (secondary N) is 1. The lowest BCUT2D eigenvalue weighted by Crippen LogP contribution is -2.47. The summed E-state index contributed by atoms with van der Waals surface area (Å²) in [5, 5.41) is 0. The number of rotatable bonds is 6. The van der Waals surface area contributed by atoms with E-state index in [4.69, 9.17) is 5.84 Å². The van der Waals surface area contributed by atoms with E-state index in [0.29, 0.717) is 5.82 Å². The van der Waals surface area contributed by atoms with E-state index in [1.54, 1.807) is 12.4 Å². The summed E-state index contributed by atoms with van der Waals surface area (Å²) in [5.74, 6) is 5.88. The second-order valence-corrected chi connectivity index (χ2v) is 5.46. The Morgan fingerprint density at radius 2 is 1.85 bits per heavy atom. The fraction of sp³-hybridized carbons (Fsp3) is 0.692. The highest BCUT2D eigenvalue weighted by Gasteiger charge is 2.17. The monoisotopic (exact) mass is 279 g/mol. The number of nitrogens with two attached hydrogens (primary N) is 1. The molecule has 1 aliphatic heterocycles. The van der Waals surface area contributed by atoms with Crippen LogP contribution in [-0.4, -0.2) is 78.0 Å². The Labute approximate surface area is 120 Å². The molecule has 0 radical (unpaired) electrons. The zero-order valence-corrected chi connectivity index (χ0v) is 12.4. The lowest BCUT2D eigenvalue weighted by atomic mass is 10.3. The van der Waals surface area contributed by atoms with Crippen molar-refractivity contribution < 1.29 is 0 Å². The average molecular weight is 279 g/mol. The maximum atomic E-state index is 5.28. The van der Waals surface area contributed by atoms with E-state index < -0.39 is 0 Å². The minimum atomic E-state index is 0.599. The second kappa shape index (κ2) is 7.49. The molecule has 7 heteroatoms. The Morgan fingerprint density at radius 3 is 2.40 bits per heavy atom. The Hall–Kier alpha value is -1.28. The third-order valence-corrected chi connectivity index (χ3v) is 3.57. The number of aromatic nitrogens is 2. The number of nitrogen functional groups attached to an aromatic ring is 1. The van der Waals surface area contributed by atoms with Gasteiger partial charge >= 0.3 is 0 Å². The van der Waals surface area contributed by atoms with E-state index in [-0.39, 0.29) is 0 Å². The first-order valence-corrected chi connectivity index (χ1v) is 7.04.